The third-order valence-electron chi connectivity index (χ3n) is 4.58. The van der Waals surface area contributed by atoms with Crippen molar-refractivity contribution in [1.29, 1.82) is 0 Å². The molecule has 0 aromatic heterocycles. The Bertz CT molecular complexity index is 720. The molecule has 0 radical (unpaired) electrons. The van der Waals surface area contributed by atoms with Crippen LogP contribution < -0.4 is 0 Å². The van der Waals surface area contributed by atoms with Crippen molar-refractivity contribution >= 4 is 17.7 Å². The highest BCUT2D eigenvalue weighted by atomic mass is 16.5. The molecule has 2 unspecified atom stereocenters. The summed E-state index contributed by atoms with van der Waals surface area (Å²) < 4.78 is 15.8. The number of Topliss-reactive ketones (excluding diaryl/α,β-unsaturated/α-hetero) is 1. The number of carbonyl (C=O) groups excluding carboxylic acids is 3. The number of ketones is 1. The summed E-state index contributed by atoms with van der Waals surface area (Å²) in [4.78, 5) is 37.2. The van der Waals surface area contributed by atoms with Gasteiger partial charge in [0.2, 0.25) is 0 Å². The van der Waals surface area contributed by atoms with Crippen molar-refractivity contribution in [1.82, 2.24) is 0 Å². The molecule has 2 bridgehead atoms. The Morgan fingerprint density at radius 1 is 1.12 bits per heavy atom. The third kappa shape index (κ3) is 2.43. The molecule has 24 heavy (non-hydrogen) atoms. The first-order valence-corrected chi connectivity index (χ1v) is 7.70. The van der Waals surface area contributed by atoms with E-state index in [-0.39, 0.29) is 23.4 Å². The highest BCUT2D eigenvalue weighted by Crippen LogP contribution is 2.49. The number of ether oxygens (including phenoxy) is 3. The largest absolute Gasteiger partial charge is 0.466 e. The Balaban J connectivity index is 2.29. The van der Waals surface area contributed by atoms with Gasteiger partial charge in [0.15, 0.2) is 5.78 Å². The second kappa shape index (κ2) is 6.20. The smallest absolute Gasteiger partial charge is 0.337 e. The molecule has 3 rings (SSSR count). The van der Waals surface area contributed by atoms with Gasteiger partial charge >= 0.3 is 11.9 Å². The molecular weight excluding hydrogens is 312 g/mol. The summed E-state index contributed by atoms with van der Waals surface area (Å²) in [6.07, 6.45) is 0.0595. The number of rotatable bonds is 3. The fourth-order valence-corrected chi connectivity index (χ4v) is 3.48. The summed E-state index contributed by atoms with van der Waals surface area (Å²) in [5.41, 5.74) is -0.380. The molecular formula is C18H18O6. The predicted octanol–water partition coefficient (Wildman–Crippen LogP) is 1.68. The molecule has 2 heterocycles. The molecule has 2 aliphatic rings. The third-order valence-corrected chi connectivity index (χ3v) is 4.58. The minimum absolute atomic E-state index is 0.0143. The van der Waals surface area contributed by atoms with Crippen LogP contribution in [0.5, 0.6) is 0 Å². The summed E-state index contributed by atoms with van der Waals surface area (Å²) >= 11 is 0. The van der Waals surface area contributed by atoms with Gasteiger partial charge in [-0.05, 0) is 18.4 Å². The SMILES string of the molecule is COC(=O)C1=C(C(=O)OC)C2(c3ccccc3)CCC(O2)C(=O)C1. The topological polar surface area (TPSA) is 78.9 Å². The van der Waals surface area contributed by atoms with Crippen molar-refractivity contribution in [2.24, 2.45) is 0 Å². The van der Waals surface area contributed by atoms with Gasteiger partial charge in [-0.25, -0.2) is 9.59 Å². The number of hydrogen-bond acceptors (Lipinski definition) is 6. The van der Waals surface area contributed by atoms with Crippen LogP contribution in [0.4, 0.5) is 0 Å². The molecule has 6 nitrogen and oxygen atoms in total. The maximum atomic E-state index is 12.5. The lowest BCUT2D eigenvalue weighted by Crippen LogP contribution is -2.34. The highest BCUT2D eigenvalue weighted by molar-refractivity contribution is 6.06. The molecule has 0 N–H and O–H groups in total. The zero-order valence-corrected chi connectivity index (χ0v) is 13.5. The van der Waals surface area contributed by atoms with Crippen molar-refractivity contribution < 1.29 is 28.6 Å². The fraction of sp³-hybridized carbons (Fsp3) is 0.389. The Morgan fingerprint density at radius 2 is 1.79 bits per heavy atom. The molecule has 2 atom stereocenters. The van der Waals surface area contributed by atoms with E-state index in [1.165, 1.54) is 14.2 Å². The maximum Gasteiger partial charge on any atom is 0.337 e. The van der Waals surface area contributed by atoms with Crippen LogP contribution >= 0.6 is 0 Å². The Morgan fingerprint density at radius 3 is 2.42 bits per heavy atom. The van der Waals surface area contributed by atoms with E-state index in [4.69, 9.17) is 14.2 Å². The number of methoxy groups -OCH3 is 2. The van der Waals surface area contributed by atoms with E-state index < -0.39 is 23.6 Å². The maximum absolute atomic E-state index is 12.5. The standard InChI is InChI=1S/C18H18O6/c1-22-16(20)12-10-13(19)14-8-9-18(24-14,15(12)17(21)23-2)11-6-4-3-5-7-11/h3-7,14H,8-10H2,1-2H3. The molecule has 1 fully saturated rings. The van der Waals surface area contributed by atoms with Crippen LogP contribution in [0, 0.1) is 0 Å². The van der Waals surface area contributed by atoms with E-state index in [9.17, 15) is 14.4 Å². The Kier molecular flexibility index (Phi) is 4.24. The van der Waals surface area contributed by atoms with Gasteiger partial charge in [-0.3, -0.25) is 4.79 Å². The van der Waals surface area contributed by atoms with Crippen LogP contribution in [0.1, 0.15) is 24.8 Å². The molecule has 1 aromatic carbocycles. The molecule has 0 saturated carbocycles. The van der Waals surface area contributed by atoms with Gasteiger partial charge in [-0.2, -0.15) is 0 Å². The summed E-state index contributed by atoms with van der Waals surface area (Å²) in [5.74, 6) is -1.63. The number of benzene rings is 1. The number of carbonyl (C=O) groups is 3. The van der Waals surface area contributed by atoms with Crippen LogP contribution in [-0.2, 0) is 34.2 Å². The minimum atomic E-state index is -1.17. The zero-order chi connectivity index (χ0) is 17.3. The van der Waals surface area contributed by atoms with Crippen LogP contribution in [0.25, 0.3) is 0 Å². The molecule has 126 valence electrons. The molecule has 1 aromatic rings. The van der Waals surface area contributed by atoms with Crippen LogP contribution in [0.2, 0.25) is 0 Å². The van der Waals surface area contributed by atoms with Crippen LogP contribution in [0.3, 0.4) is 0 Å². The molecule has 1 saturated heterocycles. The molecule has 0 spiro atoms. The second-order valence-corrected chi connectivity index (χ2v) is 5.82. The molecule has 0 aliphatic carbocycles. The van der Waals surface area contributed by atoms with Gasteiger partial charge in [0, 0.05) is 6.42 Å². The summed E-state index contributed by atoms with van der Waals surface area (Å²) in [6.45, 7) is 0. The zero-order valence-electron chi connectivity index (χ0n) is 13.5. The van der Waals surface area contributed by atoms with Crippen molar-refractivity contribution in [3.05, 3.63) is 47.0 Å². The Hall–Kier alpha value is -2.47. The fourth-order valence-electron chi connectivity index (χ4n) is 3.48. The Labute approximate surface area is 139 Å². The lowest BCUT2D eigenvalue weighted by atomic mass is 9.79. The highest BCUT2D eigenvalue weighted by Gasteiger charge is 2.54. The molecule has 0 amide bonds. The van der Waals surface area contributed by atoms with Gasteiger partial charge in [0.25, 0.3) is 0 Å². The van der Waals surface area contributed by atoms with Gasteiger partial charge in [0.1, 0.15) is 11.7 Å². The van der Waals surface area contributed by atoms with Gasteiger partial charge in [-0.15, -0.1) is 0 Å². The molecule has 2 aliphatic heterocycles. The van der Waals surface area contributed by atoms with E-state index >= 15 is 0 Å². The van der Waals surface area contributed by atoms with E-state index in [0.29, 0.717) is 18.4 Å². The number of fused-ring (bicyclic) bond motifs is 2. The van der Waals surface area contributed by atoms with E-state index in [2.05, 4.69) is 0 Å². The van der Waals surface area contributed by atoms with Crippen LogP contribution in [-0.4, -0.2) is 38.0 Å². The van der Waals surface area contributed by atoms with E-state index in [1.807, 2.05) is 30.3 Å². The average Bonchev–Trinajstić information content (AvgIpc) is 3.01. The number of hydrogen-bond donors (Lipinski definition) is 0. The van der Waals surface area contributed by atoms with Crippen molar-refractivity contribution in [3.8, 4) is 0 Å². The summed E-state index contributed by atoms with van der Waals surface area (Å²) in [6, 6.07) is 9.11. The normalized spacial score (nSPS) is 26.1. The van der Waals surface area contributed by atoms with Crippen molar-refractivity contribution in [2.75, 3.05) is 14.2 Å². The summed E-state index contributed by atoms with van der Waals surface area (Å²) in [5, 5.41) is 0. The first kappa shape index (κ1) is 16.4. The lowest BCUT2D eigenvalue weighted by molar-refractivity contribution is -0.143. The van der Waals surface area contributed by atoms with Gasteiger partial charge in [-0.1, -0.05) is 30.3 Å². The first-order valence-electron chi connectivity index (χ1n) is 7.70. The van der Waals surface area contributed by atoms with Gasteiger partial charge in [0.05, 0.1) is 25.4 Å². The molecule has 6 heteroatoms. The second-order valence-electron chi connectivity index (χ2n) is 5.82. The van der Waals surface area contributed by atoms with E-state index in [0.717, 1.165) is 0 Å². The lowest BCUT2D eigenvalue weighted by Gasteiger charge is -2.31. The predicted molar refractivity (Wildman–Crippen MR) is 82.9 cm³/mol. The van der Waals surface area contributed by atoms with Gasteiger partial charge < -0.3 is 14.2 Å². The summed E-state index contributed by atoms with van der Waals surface area (Å²) in [7, 11) is 2.45. The van der Waals surface area contributed by atoms with Crippen molar-refractivity contribution in [2.45, 2.75) is 31.0 Å². The minimum Gasteiger partial charge on any atom is -0.466 e. The quantitative estimate of drug-likeness (QED) is 0.785. The monoisotopic (exact) mass is 330 g/mol. The van der Waals surface area contributed by atoms with E-state index in [1.54, 1.807) is 0 Å². The first-order chi connectivity index (χ1) is 11.5. The average molecular weight is 330 g/mol. The number of esters is 2. The van der Waals surface area contributed by atoms with Crippen LogP contribution in [0.15, 0.2) is 41.5 Å². The van der Waals surface area contributed by atoms with Crippen molar-refractivity contribution in [3.63, 3.8) is 0 Å².